The molecule has 0 bridgehead atoms. The van der Waals surface area contributed by atoms with Gasteiger partial charge >= 0.3 is 0 Å². The van der Waals surface area contributed by atoms with Crippen LogP contribution >= 0.6 is 0 Å². The first-order valence-corrected chi connectivity index (χ1v) is 7.52. The number of nitrogens with zero attached hydrogens (tertiary/aromatic N) is 2. The minimum atomic E-state index is 0.473. The highest BCUT2D eigenvalue weighted by molar-refractivity contribution is 5.43. The lowest BCUT2D eigenvalue weighted by molar-refractivity contribution is 0.713. The van der Waals surface area contributed by atoms with Gasteiger partial charge in [0.1, 0.15) is 5.82 Å². The van der Waals surface area contributed by atoms with Gasteiger partial charge in [0.05, 0.1) is 0 Å². The molecule has 1 N–H and O–H groups in total. The van der Waals surface area contributed by atoms with Crippen LogP contribution in [-0.2, 0) is 6.54 Å². The smallest absolute Gasteiger partial charge is 0.129 e. The summed E-state index contributed by atoms with van der Waals surface area (Å²) in [6.45, 7) is 11.9. The van der Waals surface area contributed by atoms with E-state index in [0.29, 0.717) is 5.92 Å². The maximum atomic E-state index is 4.84. The Balaban J connectivity index is 3.02. The van der Waals surface area contributed by atoms with E-state index in [-0.39, 0.29) is 0 Å². The first-order chi connectivity index (χ1) is 9.12. The Labute approximate surface area is 118 Å². The first-order valence-electron chi connectivity index (χ1n) is 7.52. The van der Waals surface area contributed by atoms with Gasteiger partial charge in [-0.2, -0.15) is 0 Å². The molecule has 1 rings (SSSR count). The number of hydrogen-bond acceptors (Lipinski definition) is 3. The van der Waals surface area contributed by atoms with E-state index in [1.807, 2.05) is 7.05 Å². The van der Waals surface area contributed by atoms with Crippen LogP contribution in [-0.4, -0.2) is 25.1 Å². The number of anilines is 1. The predicted octanol–water partition coefficient (Wildman–Crippen LogP) is 3.55. The summed E-state index contributed by atoms with van der Waals surface area (Å²) in [4.78, 5) is 7.22. The predicted molar refractivity (Wildman–Crippen MR) is 83.9 cm³/mol. The lowest BCUT2D eigenvalue weighted by atomic mass is 10.1. The van der Waals surface area contributed by atoms with Crippen molar-refractivity contribution in [3.05, 3.63) is 23.4 Å². The number of nitrogens with one attached hydrogen (secondary N) is 1. The van der Waals surface area contributed by atoms with E-state index in [1.54, 1.807) is 0 Å². The van der Waals surface area contributed by atoms with Crippen molar-refractivity contribution in [3.63, 3.8) is 0 Å². The van der Waals surface area contributed by atoms with Crippen LogP contribution in [0.25, 0.3) is 0 Å². The van der Waals surface area contributed by atoms with Gasteiger partial charge in [0.2, 0.25) is 0 Å². The Morgan fingerprint density at radius 1 is 1.26 bits per heavy atom. The first kappa shape index (κ1) is 16.0. The van der Waals surface area contributed by atoms with Gasteiger partial charge in [0, 0.05) is 25.3 Å². The van der Waals surface area contributed by atoms with E-state index in [1.165, 1.54) is 24.1 Å². The van der Waals surface area contributed by atoms with Crippen LogP contribution < -0.4 is 10.2 Å². The highest BCUT2D eigenvalue weighted by Gasteiger charge is 2.10. The fourth-order valence-electron chi connectivity index (χ4n) is 2.14. The molecule has 1 aromatic rings. The Kier molecular flexibility index (Phi) is 6.85. The molecular weight excluding hydrogens is 234 g/mol. The van der Waals surface area contributed by atoms with Crippen molar-refractivity contribution in [2.24, 2.45) is 0 Å². The summed E-state index contributed by atoms with van der Waals surface area (Å²) in [5.41, 5.74) is 2.52. The molecule has 0 fully saturated rings. The molecule has 0 aliphatic carbocycles. The molecule has 3 nitrogen and oxygen atoms in total. The van der Waals surface area contributed by atoms with E-state index in [9.17, 15) is 0 Å². The fourth-order valence-corrected chi connectivity index (χ4v) is 2.14. The molecule has 0 aliphatic heterocycles. The second-order valence-corrected chi connectivity index (χ2v) is 5.38. The van der Waals surface area contributed by atoms with Gasteiger partial charge in [0.25, 0.3) is 0 Å². The molecule has 108 valence electrons. The number of pyridine rings is 1. The van der Waals surface area contributed by atoms with Crippen molar-refractivity contribution in [3.8, 4) is 0 Å². The zero-order chi connectivity index (χ0) is 14.3. The normalized spacial score (nSPS) is 11.1. The molecule has 0 saturated carbocycles. The number of aromatic nitrogens is 1. The monoisotopic (exact) mass is 263 g/mol. The van der Waals surface area contributed by atoms with Gasteiger partial charge in [0.15, 0.2) is 0 Å². The molecule has 0 unspecified atom stereocenters. The number of unbranched alkanes of at least 4 members (excludes halogenated alkanes) is 1. The van der Waals surface area contributed by atoms with Gasteiger partial charge in [-0.15, -0.1) is 0 Å². The van der Waals surface area contributed by atoms with Crippen molar-refractivity contribution < 1.29 is 0 Å². The lowest BCUT2D eigenvalue weighted by Crippen LogP contribution is -2.25. The van der Waals surface area contributed by atoms with Crippen molar-refractivity contribution in [2.45, 2.75) is 53.0 Å². The van der Waals surface area contributed by atoms with Crippen molar-refractivity contribution in [1.29, 1.82) is 0 Å². The molecule has 0 aliphatic rings. The summed E-state index contributed by atoms with van der Waals surface area (Å²) in [5.74, 6) is 1.60. The molecule has 0 atom stereocenters. The van der Waals surface area contributed by atoms with Gasteiger partial charge in [-0.25, -0.2) is 4.98 Å². The Hall–Kier alpha value is -1.09. The standard InChI is InChI=1S/C16H29N3/c1-6-8-9-19(7-2)16-11-14(12-17-5)10-15(18-16)13(3)4/h10-11,13,17H,6-9,12H2,1-5H3. The quantitative estimate of drug-likeness (QED) is 0.777. The van der Waals surface area contributed by atoms with E-state index in [4.69, 9.17) is 4.98 Å². The molecule has 19 heavy (non-hydrogen) atoms. The molecule has 1 aromatic heterocycles. The Bertz CT molecular complexity index is 374. The average Bonchev–Trinajstić information content (AvgIpc) is 2.39. The van der Waals surface area contributed by atoms with E-state index >= 15 is 0 Å². The molecule has 0 aromatic carbocycles. The van der Waals surface area contributed by atoms with Crippen LogP contribution in [0, 0.1) is 0 Å². The lowest BCUT2D eigenvalue weighted by Gasteiger charge is -2.23. The summed E-state index contributed by atoms with van der Waals surface area (Å²) in [5, 5.41) is 3.23. The number of hydrogen-bond donors (Lipinski definition) is 1. The third-order valence-electron chi connectivity index (χ3n) is 3.35. The minimum absolute atomic E-state index is 0.473. The van der Waals surface area contributed by atoms with Gasteiger partial charge in [-0.05, 0) is 44.0 Å². The molecule has 0 saturated heterocycles. The average molecular weight is 263 g/mol. The van der Waals surface area contributed by atoms with Crippen molar-refractivity contribution in [1.82, 2.24) is 10.3 Å². The van der Waals surface area contributed by atoms with Gasteiger partial charge in [-0.1, -0.05) is 27.2 Å². The van der Waals surface area contributed by atoms with Crippen LogP contribution in [0.4, 0.5) is 5.82 Å². The summed E-state index contributed by atoms with van der Waals surface area (Å²) >= 11 is 0. The summed E-state index contributed by atoms with van der Waals surface area (Å²) in [6, 6.07) is 4.44. The van der Waals surface area contributed by atoms with E-state index < -0.39 is 0 Å². The zero-order valence-electron chi connectivity index (χ0n) is 13.2. The maximum absolute atomic E-state index is 4.84. The fraction of sp³-hybridized carbons (Fsp3) is 0.688. The van der Waals surface area contributed by atoms with E-state index in [0.717, 1.165) is 25.5 Å². The van der Waals surface area contributed by atoms with Crippen LogP contribution in [0.5, 0.6) is 0 Å². The SMILES string of the molecule is CCCCN(CC)c1cc(CNC)cc(C(C)C)n1. The molecule has 0 amide bonds. The highest BCUT2D eigenvalue weighted by Crippen LogP contribution is 2.20. The largest absolute Gasteiger partial charge is 0.357 e. The van der Waals surface area contributed by atoms with Gasteiger partial charge < -0.3 is 10.2 Å². The Morgan fingerprint density at radius 2 is 2.00 bits per heavy atom. The topological polar surface area (TPSA) is 28.2 Å². The second kappa shape index (κ2) is 8.16. The van der Waals surface area contributed by atoms with Crippen molar-refractivity contribution in [2.75, 3.05) is 25.0 Å². The van der Waals surface area contributed by atoms with E-state index in [2.05, 4.69) is 50.0 Å². The number of rotatable bonds is 8. The summed E-state index contributed by atoms with van der Waals surface area (Å²) in [7, 11) is 1.99. The third-order valence-corrected chi connectivity index (χ3v) is 3.35. The van der Waals surface area contributed by atoms with Crippen LogP contribution in [0.3, 0.4) is 0 Å². The Morgan fingerprint density at radius 3 is 2.53 bits per heavy atom. The maximum Gasteiger partial charge on any atom is 0.129 e. The van der Waals surface area contributed by atoms with Crippen LogP contribution in [0.2, 0.25) is 0 Å². The minimum Gasteiger partial charge on any atom is -0.357 e. The van der Waals surface area contributed by atoms with Crippen molar-refractivity contribution >= 4 is 5.82 Å². The molecular formula is C16H29N3. The molecule has 0 spiro atoms. The van der Waals surface area contributed by atoms with Crippen LogP contribution in [0.15, 0.2) is 12.1 Å². The summed E-state index contributed by atoms with van der Waals surface area (Å²) < 4.78 is 0. The molecule has 3 heteroatoms. The third kappa shape index (κ3) is 4.83. The molecule has 1 heterocycles. The van der Waals surface area contributed by atoms with Gasteiger partial charge in [-0.3, -0.25) is 0 Å². The highest BCUT2D eigenvalue weighted by atomic mass is 15.2. The molecule has 0 radical (unpaired) electrons. The zero-order valence-corrected chi connectivity index (χ0v) is 13.2. The summed E-state index contributed by atoms with van der Waals surface area (Å²) in [6.07, 6.45) is 2.45. The van der Waals surface area contributed by atoms with Crippen LogP contribution in [0.1, 0.15) is 57.7 Å². The second-order valence-electron chi connectivity index (χ2n) is 5.38.